The van der Waals surface area contributed by atoms with Crippen molar-refractivity contribution in [3.8, 4) is 0 Å². The summed E-state index contributed by atoms with van der Waals surface area (Å²) in [5.41, 5.74) is -0.124. The summed E-state index contributed by atoms with van der Waals surface area (Å²) in [6.07, 6.45) is 0.581. The van der Waals surface area contributed by atoms with E-state index in [2.05, 4.69) is 27.7 Å². The quantitative estimate of drug-likeness (QED) is 0.851. The zero-order chi connectivity index (χ0) is 15.1. The minimum absolute atomic E-state index is 0.204. The van der Waals surface area contributed by atoms with E-state index in [-0.39, 0.29) is 17.2 Å². The van der Waals surface area contributed by atoms with Crippen LogP contribution < -0.4 is 5.32 Å². The van der Waals surface area contributed by atoms with Crippen molar-refractivity contribution in [3.63, 3.8) is 0 Å². The Labute approximate surface area is 124 Å². The Hall–Kier alpha value is -1.05. The Kier molecular flexibility index (Phi) is 7.73. The molecule has 1 N–H and O–H groups in total. The number of anilines is 1. The molecule has 0 saturated carbocycles. The maximum atomic E-state index is 13.0. The first-order valence-electron chi connectivity index (χ1n) is 5.24. The first-order chi connectivity index (χ1) is 8.76. The van der Waals surface area contributed by atoms with Gasteiger partial charge in [0.05, 0.1) is 5.69 Å². The predicted molar refractivity (Wildman–Crippen MR) is 82.0 cm³/mol. The van der Waals surface area contributed by atoms with Crippen LogP contribution in [0.1, 0.15) is 31.1 Å². The van der Waals surface area contributed by atoms with E-state index in [1.165, 1.54) is 12.1 Å². The van der Waals surface area contributed by atoms with Crippen molar-refractivity contribution in [3.05, 3.63) is 29.6 Å². The predicted octanol–water partition coefficient (Wildman–Crippen LogP) is 2.62. The minimum Gasteiger partial charge on any atom is -0.325 e. The molecule has 0 bridgehead atoms. The van der Waals surface area contributed by atoms with Gasteiger partial charge < -0.3 is 5.32 Å². The average molecular weight is 319 g/mol. The molecule has 3 nitrogen and oxygen atoms in total. The molecule has 0 aliphatic rings. The summed E-state index contributed by atoms with van der Waals surface area (Å²) in [7, 11) is 0.917. The largest absolute Gasteiger partial charge is 0.325 e. The van der Waals surface area contributed by atoms with Crippen LogP contribution in [0.2, 0.25) is 0 Å². The molecule has 0 radical (unpaired) electrons. The number of carbonyl (C=O) groups is 2. The standard InChI is InChI=1S/C12H14FNO2.S3/c1-12(2,3)11(16)14-10-6-9(13)5-4-8(10)7-15;1-3-2/h4-7H,1-3H3,(H,14,16);. The molecule has 0 fully saturated rings. The fourth-order valence-electron chi connectivity index (χ4n) is 1.05. The lowest BCUT2D eigenvalue weighted by Crippen LogP contribution is -2.28. The van der Waals surface area contributed by atoms with Crippen LogP contribution in [0.5, 0.6) is 0 Å². The zero-order valence-corrected chi connectivity index (χ0v) is 13.2. The summed E-state index contributed by atoms with van der Waals surface area (Å²) in [4.78, 5) is 22.4. The second-order valence-electron chi connectivity index (χ2n) is 4.62. The van der Waals surface area contributed by atoms with Gasteiger partial charge in [-0.15, -0.1) is 0 Å². The molecule has 0 aliphatic heterocycles. The van der Waals surface area contributed by atoms with Crippen molar-refractivity contribution in [1.29, 1.82) is 0 Å². The van der Waals surface area contributed by atoms with Crippen LogP contribution >= 0.6 is 0 Å². The van der Waals surface area contributed by atoms with Crippen LogP contribution in [0.25, 0.3) is 0 Å². The van der Waals surface area contributed by atoms with Crippen molar-refractivity contribution in [2.24, 2.45) is 5.41 Å². The second kappa shape index (κ2) is 8.19. The van der Waals surface area contributed by atoms with Gasteiger partial charge in [0.2, 0.25) is 5.91 Å². The first-order valence-corrected chi connectivity index (χ1v) is 7.91. The zero-order valence-electron chi connectivity index (χ0n) is 10.7. The van der Waals surface area contributed by atoms with Crippen LogP contribution in [0, 0.1) is 11.2 Å². The highest BCUT2D eigenvalue weighted by molar-refractivity contribution is 8.37. The normalized spacial score (nSPS) is 9.89. The Bertz CT molecular complexity index is 506. The summed E-state index contributed by atoms with van der Waals surface area (Å²) in [6, 6.07) is 3.64. The van der Waals surface area contributed by atoms with Crippen LogP contribution in [0.3, 0.4) is 0 Å². The molecule has 19 heavy (non-hydrogen) atoms. The highest BCUT2D eigenvalue weighted by atomic mass is 33.1. The van der Waals surface area contributed by atoms with Gasteiger partial charge in [-0.1, -0.05) is 20.8 Å². The molecule has 0 aliphatic carbocycles. The van der Waals surface area contributed by atoms with Crippen molar-refractivity contribution >= 4 is 49.1 Å². The summed E-state index contributed by atoms with van der Waals surface area (Å²) in [6.45, 7) is 5.21. The van der Waals surface area contributed by atoms with E-state index in [1.807, 2.05) is 0 Å². The van der Waals surface area contributed by atoms with E-state index in [0.717, 1.165) is 14.9 Å². The topological polar surface area (TPSA) is 46.2 Å². The van der Waals surface area contributed by atoms with Crippen LogP contribution in [0.15, 0.2) is 18.2 Å². The summed E-state index contributed by atoms with van der Waals surface area (Å²) < 4.78 is 13.0. The minimum atomic E-state index is -0.591. The highest BCUT2D eigenvalue weighted by Crippen LogP contribution is 2.20. The molecule has 0 atom stereocenters. The highest BCUT2D eigenvalue weighted by Gasteiger charge is 2.22. The average Bonchev–Trinajstić information content (AvgIpc) is 2.29. The number of aldehydes is 1. The van der Waals surface area contributed by atoms with Gasteiger partial charge in [0.25, 0.3) is 0 Å². The van der Waals surface area contributed by atoms with Gasteiger partial charge in [-0.2, -0.15) is 0 Å². The van der Waals surface area contributed by atoms with E-state index < -0.39 is 11.2 Å². The van der Waals surface area contributed by atoms with Gasteiger partial charge in [-0.05, 0) is 18.2 Å². The third kappa shape index (κ3) is 6.60. The lowest BCUT2D eigenvalue weighted by atomic mass is 9.95. The fourth-order valence-corrected chi connectivity index (χ4v) is 1.05. The summed E-state index contributed by atoms with van der Waals surface area (Å²) in [5.74, 6) is -0.754. The number of amides is 1. The van der Waals surface area contributed by atoms with Crippen molar-refractivity contribution in [2.45, 2.75) is 20.8 Å². The monoisotopic (exact) mass is 319 g/mol. The second-order valence-corrected chi connectivity index (χ2v) is 6.39. The van der Waals surface area contributed by atoms with E-state index in [4.69, 9.17) is 0 Å². The van der Waals surface area contributed by atoms with Gasteiger partial charge in [0.15, 0.2) is 6.29 Å². The van der Waals surface area contributed by atoms with Gasteiger partial charge in [-0.25, -0.2) is 4.39 Å². The number of nitrogens with one attached hydrogen (secondary N) is 1. The molecule has 0 heterocycles. The van der Waals surface area contributed by atoms with E-state index in [9.17, 15) is 14.0 Å². The Morgan fingerprint density at radius 1 is 1.37 bits per heavy atom. The van der Waals surface area contributed by atoms with Crippen LogP contribution in [0.4, 0.5) is 10.1 Å². The Morgan fingerprint density at radius 3 is 2.32 bits per heavy atom. The van der Waals surface area contributed by atoms with Gasteiger partial charge in [0.1, 0.15) is 5.82 Å². The third-order valence-corrected chi connectivity index (χ3v) is 2.07. The number of carbonyl (C=O) groups excluding carboxylic acids is 2. The molecule has 0 spiro atoms. The summed E-state index contributed by atoms with van der Waals surface area (Å²) in [5, 5.41) is 2.53. The SMILES string of the molecule is CC(C)(C)C(=O)Nc1cc(F)ccc1C=O.S=S=S. The molecule has 0 saturated heterocycles. The van der Waals surface area contributed by atoms with E-state index >= 15 is 0 Å². The molecule has 0 aromatic heterocycles. The fraction of sp³-hybridized carbons (Fsp3) is 0.333. The lowest BCUT2D eigenvalue weighted by Gasteiger charge is -2.18. The smallest absolute Gasteiger partial charge is 0.229 e. The van der Waals surface area contributed by atoms with E-state index in [1.54, 1.807) is 20.8 Å². The third-order valence-electron chi connectivity index (χ3n) is 2.07. The maximum absolute atomic E-state index is 13.0. The van der Waals surface area contributed by atoms with Crippen molar-refractivity contribution in [1.82, 2.24) is 0 Å². The van der Waals surface area contributed by atoms with Crippen LogP contribution in [-0.2, 0) is 36.1 Å². The first kappa shape index (κ1) is 17.9. The number of halogens is 1. The molecule has 1 amide bonds. The van der Waals surface area contributed by atoms with Crippen molar-refractivity contribution < 1.29 is 14.0 Å². The van der Waals surface area contributed by atoms with Gasteiger partial charge in [0, 0.05) is 42.2 Å². The van der Waals surface area contributed by atoms with Crippen molar-refractivity contribution in [2.75, 3.05) is 5.32 Å². The molecule has 1 rings (SSSR count). The number of benzene rings is 1. The molecule has 1 aromatic carbocycles. The maximum Gasteiger partial charge on any atom is 0.229 e. The van der Waals surface area contributed by atoms with Gasteiger partial charge >= 0.3 is 0 Å². The molecule has 7 heteroatoms. The Balaban J connectivity index is 0.000000982. The molecular formula is C12H14FNO2S3. The summed E-state index contributed by atoms with van der Waals surface area (Å²) >= 11 is 8.25. The Morgan fingerprint density at radius 2 is 1.89 bits per heavy atom. The van der Waals surface area contributed by atoms with Gasteiger partial charge in [-0.3, -0.25) is 9.59 Å². The lowest BCUT2D eigenvalue weighted by molar-refractivity contribution is -0.123. The molecular weight excluding hydrogens is 305 g/mol. The molecule has 1 aromatic rings. The van der Waals surface area contributed by atoms with E-state index in [0.29, 0.717) is 6.29 Å². The number of rotatable bonds is 2. The molecule has 0 unspecified atom stereocenters. The number of hydrogen-bond acceptors (Lipinski definition) is 4. The van der Waals surface area contributed by atoms with Crippen LogP contribution in [-0.4, -0.2) is 12.2 Å². The molecule has 104 valence electrons. The number of hydrogen-bond donors (Lipinski definition) is 1.